The lowest BCUT2D eigenvalue weighted by atomic mass is 10.0. The van der Waals surface area contributed by atoms with Crippen LogP contribution in [-0.4, -0.2) is 68.2 Å². The summed E-state index contributed by atoms with van der Waals surface area (Å²) in [6.45, 7) is 4.09. The molecule has 1 N–H and O–H groups in total. The molecule has 180 valence electrons. The van der Waals surface area contributed by atoms with Crippen LogP contribution < -0.4 is 10.1 Å². The highest BCUT2D eigenvalue weighted by Gasteiger charge is 2.33. The van der Waals surface area contributed by atoms with Crippen molar-refractivity contribution in [2.45, 2.75) is 32.2 Å². The Morgan fingerprint density at radius 2 is 2.12 bits per heavy atom. The van der Waals surface area contributed by atoms with Gasteiger partial charge in [-0.15, -0.1) is 11.3 Å². The number of nitrogens with one attached hydrogen (secondary N) is 1. The first kappa shape index (κ1) is 25.0. The number of amides is 3. The highest BCUT2D eigenvalue weighted by atomic mass is 32.1. The minimum absolute atomic E-state index is 0.0328. The molecular formula is C24H32FN3O4S. The summed E-state index contributed by atoms with van der Waals surface area (Å²) in [5.74, 6) is -0.431. The highest BCUT2D eigenvalue weighted by molar-refractivity contribution is 7.10. The third-order valence-electron chi connectivity index (χ3n) is 5.56. The first-order valence-electron chi connectivity index (χ1n) is 11.3. The van der Waals surface area contributed by atoms with Crippen LogP contribution in [0.15, 0.2) is 35.7 Å². The molecular weight excluding hydrogens is 445 g/mol. The summed E-state index contributed by atoms with van der Waals surface area (Å²) in [6, 6.07) is 7.65. The number of halogens is 1. The van der Waals surface area contributed by atoms with Crippen LogP contribution in [0.3, 0.4) is 0 Å². The molecule has 2 heterocycles. The zero-order valence-electron chi connectivity index (χ0n) is 19.2. The van der Waals surface area contributed by atoms with E-state index in [2.05, 4.69) is 5.32 Å². The third-order valence-corrected chi connectivity index (χ3v) is 6.56. The SMILES string of the molecule is CCCNC(=O)N(CCCOC)CC(=O)N1CCc2sccc2[C@@H]1COc1ccccc1F. The van der Waals surface area contributed by atoms with E-state index in [4.69, 9.17) is 9.47 Å². The van der Waals surface area contributed by atoms with Crippen LogP contribution in [0.2, 0.25) is 0 Å². The Morgan fingerprint density at radius 1 is 1.30 bits per heavy atom. The fraction of sp³-hybridized carbons (Fsp3) is 0.500. The maximum absolute atomic E-state index is 14.1. The van der Waals surface area contributed by atoms with Gasteiger partial charge in [0.1, 0.15) is 13.2 Å². The number of benzene rings is 1. The third kappa shape index (κ3) is 6.68. The number of carbonyl (C=O) groups is 2. The van der Waals surface area contributed by atoms with Gasteiger partial charge >= 0.3 is 6.03 Å². The summed E-state index contributed by atoms with van der Waals surface area (Å²) in [5.41, 5.74) is 1.03. The molecule has 1 aliphatic rings. The number of fused-ring (bicyclic) bond motifs is 1. The summed E-state index contributed by atoms with van der Waals surface area (Å²) in [4.78, 5) is 30.5. The fourth-order valence-electron chi connectivity index (χ4n) is 3.86. The first-order chi connectivity index (χ1) is 16.0. The van der Waals surface area contributed by atoms with E-state index >= 15 is 0 Å². The lowest BCUT2D eigenvalue weighted by molar-refractivity contribution is -0.135. The van der Waals surface area contributed by atoms with Gasteiger partial charge in [0.05, 0.1) is 6.04 Å². The predicted octanol–water partition coefficient (Wildman–Crippen LogP) is 3.85. The fourth-order valence-corrected chi connectivity index (χ4v) is 4.78. The van der Waals surface area contributed by atoms with Crippen molar-refractivity contribution in [3.05, 3.63) is 52.0 Å². The molecule has 9 heteroatoms. The highest BCUT2D eigenvalue weighted by Crippen LogP contribution is 2.34. The molecule has 0 saturated carbocycles. The van der Waals surface area contributed by atoms with Crippen LogP contribution in [0.1, 0.15) is 36.2 Å². The van der Waals surface area contributed by atoms with Crippen molar-refractivity contribution in [2.24, 2.45) is 0 Å². The van der Waals surface area contributed by atoms with Gasteiger partial charge in [0, 0.05) is 38.2 Å². The topological polar surface area (TPSA) is 71.1 Å². The van der Waals surface area contributed by atoms with Crippen molar-refractivity contribution in [1.82, 2.24) is 15.1 Å². The number of carbonyl (C=O) groups excluding carboxylic acids is 2. The number of rotatable bonds is 11. The molecule has 1 aliphatic heterocycles. The Hall–Kier alpha value is -2.65. The van der Waals surface area contributed by atoms with Gasteiger partial charge in [-0.2, -0.15) is 0 Å². The number of thiophene rings is 1. The van der Waals surface area contributed by atoms with E-state index in [1.807, 2.05) is 18.4 Å². The van der Waals surface area contributed by atoms with Crippen molar-refractivity contribution in [2.75, 3.05) is 46.5 Å². The minimum Gasteiger partial charge on any atom is -0.488 e. The summed E-state index contributed by atoms with van der Waals surface area (Å²) in [7, 11) is 1.61. The maximum Gasteiger partial charge on any atom is 0.317 e. The summed E-state index contributed by atoms with van der Waals surface area (Å²) in [5, 5.41) is 4.86. The average molecular weight is 478 g/mol. The molecule has 0 unspecified atom stereocenters. The van der Waals surface area contributed by atoms with E-state index in [9.17, 15) is 14.0 Å². The van der Waals surface area contributed by atoms with Gasteiger partial charge in [-0.1, -0.05) is 19.1 Å². The standard InChI is InChI=1S/C24H32FN3O4S/c1-3-11-26-24(30)27(12-6-14-31-2)16-23(29)28-13-9-22-18(10-15-33-22)20(28)17-32-21-8-5-4-7-19(21)25/h4-5,7-8,10,15,20H,3,6,9,11-14,16-17H2,1-2H3,(H,26,30)/t20-/m0/s1. The summed E-state index contributed by atoms with van der Waals surface area (Å²) in [6.07, 6.45) is 2.20. The zero-order valence-corrected chi connectivity index (χ0v) is 20.0. The molecule has 0 aliphatic carbocycles. The van der Waals surface area contributed by atoms with E-state index < -0.39 is 5.82 Å². The van der Waals surface area contributed by atoms with Crippen molar-refractivity contribution in [1.29, 1.82) is 0 Å². The molecule has 1 aromatic carbocycles. The average Bonchev–Trinajstić information content (AvgIpc) is 3.30. The normalized spacial score (nSPS) is 15.1. The van der Waals surface area contributed by atoms with Crippen molar-refractivity contribution < 1.29 is 23.5 Å². The van der Waals surface area contributed by atoms with Crippen LogP contribution in [0.5, 0.6) is 5.75 Å². The van der Waals surface area contributed by atoms with Crippen molar-refractivity contribution in [3.63, 3.8) is 0 Å². The molecule has 0 saturated heterocycles. The van der Waals surface area contributed by atoms with Gasteiger partial charge in [0.25, 0.3) is 0 Å². The number of para-hydroxylation sites is 1. The van der Waals surface area contributed by atoms with Gasteiger partial charge in [-0.25, -0.2) is 9.18 Å². The van der Waals surface area contributed by atoms with E-state index in [0.717, 1.165) is 18.4 Å². The van der Waals surface area contributed by atoms with Crippen molar-refractivity contribution >= 4 is 23.3 Å². The Kier molecular flexibility index (Phi) is 9.50. The number of hydrogen-bond donors (Lipinski definition) is 1. The minimum atomic E-state index is -0.436. The quantitative estimate of drug-likeness (QED) is 0.499. The smallest absolute Gasteiger partial charge is 0.317 e. The molecule has 3 rings (SSSR count). The molecule has 0 fully saturated rings. The number of ether oxygens (including phenoxy) is 2. The molecule has 7 nitrogen and oxygen atoms in total. The Morgan fingerprint density at radius 3 is 2.88 bits per heavy atom. The van der Waals surface area contributed by atoms with Gasteiger partial charge < -0.3 is 24.6 Å². The van der Waals surface area contributed by atoms with Gasteiger partial charge in [0.2, 0.25) is 5.91 Å². The van der Waals surface area contributed by atoms with E-state index in [1.165, 1.54) is 15.8 Å². The second-order valence-corrected chi connectivity index (χ2v) is 8.89. The Bertz CT molecular complexity index is 923. The molecule has 0 radical (unpaired) electrons. The number of methoxy groups -OCH3 is 1. The Balaban J connectivity index is 1.73. The predicted molar refractivity (Wildman–Crippen MR) is 126 cm³/mol. The molecule has 3 amide bonds. The van der Waals surface area contributed by atoms with Crippen LogP contribution in [0.25, 0.3) is 0 Å². The van der Waals surface area contributed by atoms with Gasteiger partial charge in [-0.05, 0) is 48.4 Å². The lowest BCUT2D eigenvalue weighted by Crippen LogP contribution is -2.50. The molecule has 33 heavy (non-hydrogen) atoms. The molecule has 0 spiro atoms. The molecule has 2 aromatic rings. The molecule has 1 atom stereocenters. The van der Waals surface area contributed by atoms with E-state index in [-0.39, 0.29) is 36.9 Å². The number of nitrogens with zero attached hydrogens (tertiary/aromatic N) is 2. The van der Waals surface area contributed by atoms with Crippen molar-refractivity contribution in [3.8, 4) is 5.75 Å². The van der Waals surface area contributed by atoms with Crippen LogP contribution >= 0.6 is 11.3 Å². The van der Waals surface area contributed by atoms with Gasteiger partial charge in [0.15, 0.2) is 11.6 Å². The summed E-state index contributed by atoms with van der Waals surface area (Å²) < 4.78 is 25.0. The maximum atomic E-state index is 14.1. The van der Waals surface area contributed by atoms with Crippen LogP contribution in [0.4, 0.5) is 9.18 Å². The largest absolute Gasteiger partial charge is 0.488 e. The number of hydrogen-bond acceptors (Lipinski definition) is 5. The Labute approximate surface area is 198 Å². The first-order valence-corrected chi connectivity index (χ1v) is 12.2. The van der Waals surface area contributed by atoms with E-state index in [1.54, 1.807) is 41.5 Å². The number of urea groups is 1. The zero-order chi connectivity index (χ0) is 23.6. The van der Waals surface area contributed by atoms with Gasteiger partial charge in [-0.3, -0.25) is 4.79 Å². The molecule has 1 aromatic heterocycles. The van der Waals surface area contributed by atoms with E-state index in [0.29, 0.717) is 32.7 Å². The lowest BCUT2D eigenvalue weighted by Gasteiger charge is -2.37. The second-order valence-electron chi connectivity index (χ2n) is 7.89. The molecule has 0 bridgehead atoms. The second kappa shape index (κ2) is 12.6. The monoisotopic (exact) mass is 477 g/mol. The van der Waals surface area contributed by atoms with Crippen LogP contribution in [0, 0.1) is 5.82 Å². The van der Waals surface area contributed by atoms with Crippen LogP contribution in [-0.2, 0) is 16.0 Å². The summed E-state index contributed by atoms with van der Waals surface area (Å²) >= 11 is 1.65.